The molecule has 1 aromatic rings. The summed E-state index contributed by atoms with van der Waals surface area (Å²) in [4.78, 5) is 0. The second kappa shape index (κ2) is 2.46. The molecular formula is C7H8ClNO. The number of aromatic nitrogens is 1. The van der Waals surface area contributed by atoms with E-state index in [1.165, 1.54) is 12.4 Å². The van der Waals surface area contributed by atoms with Gasteiger partial charge in [0, 0.05) is 11.1 Å². The number of hydrogen-bond acceptors (Lipinski definition) is 1. The number of rotatable bonds is 0. The number of hydrogen-bond donors (Lipinski definition) is 0. The highest BCUT2D eigenvalue weighted by molar-refractivity contribution is 6.31. The lowest BCUT2D eigenvalue weighted by molar-refractivity contribution is -0.606. The van der Waals surface area contributed by atoms with Crippen molar-refractivity contribution in [2.75, 3.05) is 0 Å². The molecule has 0 atom stereocenters. The average Bonchev–Trinajstić information content (AvgIpc) is 1.82. The van der Waals surface area contributed by atoms with Crippen molar-refractivity contribution in [2.45, 2.75) is 13.8 Å². The van der Waals surface area contributed by atoms with Crippen LogP contribution in [0.25, 0.3) is 0 Å². The summed E-state index contributed by atoms with van der Waals surface area (Å²) in [6.45, 7) is 3.62. The van der Waals surface area contributed by atoms with Gasteiger partial charge in [0.2, 0.25) is 0 Å². The molecular weight excluding hydrogens is 150 g/mol. The summed E-state index contributed by atoms with van der Waals surface area (Å²) in [5.74, 6) is 0. The van der Waals surface area contributed by atoms with Gasteiger partial charge in [0.1, 0.15) is 0 Å². The first-order chi connectivity index (χ1) is 4.61. The molecule has 0 spiro atoms. The predicted molar refractivity (Wildman–Crippen MR) is 39.9 cm³/mol. The molecule has 0 aliphatic heterocycles. The Bertz CT molecular complexity index is 237. The highest BCUT2D eigenvalue weighted by Gasteiger charge is 2.03. The molecule has 0 bridgehead atoms. The normalized spacial score (nSPS) is 9.90. The van der Waals surface area contributed by atoms with Crippen LogP contribution in [-0.4, -0.2) is 0 Å². The van der Waals surface area contributed by atoms with Gasteiger partial charge in [-0.05, 0) is 13.8 Å². The second-order valence-electron chi connectivity index (χ2n) is 2.30. The van der Waals surface area contributed by atoms with Crippen molar-refractivity contribution in [3.8, 4) is 0 Å². The lowest BCUT2D eigenvalue weighted by Gasteiger charge is -2.01. The Balaban J connectivity index is 3.31. The fourth-order valence-corrected chi connectivity index (χ4v) is 0.941. The van der Waals surface area contributed by atoms with Crippen LogP contribution in [0.1, 0.15) is 11.1 Å². The molecule has 10 heavy (non-hydrogen) atoms. The largest absolute Gasteiger partial charge is 0.619 e. The van der Waals surface area contributed by atoms with Crippen LogP contribution in [0.15, 0.2) is 12.4 Å². The Kier molecular flexibility index (Phi) is 1.81. The first-order valence-electron chi connectivity index (χ1n) is 2.97. The fourth-order valence-electron chi connectivity index (χ4n) is 0.843. The Hall–Kier alpha value is -0.760. The smallest absolute Gasteiger partial charge is 0.184 e. The van der Waals surface area contributed by atoms with E-state index in [-0.39, 0.29) is 0 Å². The van der Waals surface area contributed by atoms with Gasteiger partial charge < -0.3 is 5.21 Å². The van der Waals surface area contributed by atoms with Gasteiger partial charge in [-0.25, -0.2) is 0 Å². The van der Waals surface area contributed by atoms with Gasteiger partial charge in [-0.3, -0.25) is 0 Å². The minimum atomic E-state index is 0.673. The maximum Gasteiger partial charge on any atom is 0.184 e. The summed E-state index contributed by atoms with van der Waals surface area (Å²) in [6, 6.07) is 0. The van der Waals surface area contributed by atoms with Gasteiger partial charge in [-0.15, -0.1) is 0 Å². The summed E-state index contributed by atoms with van der Waals surface area (Å²) in [7, 11) is 0. The van der Waals surface area contributed by atoms with Crippen molar-refractivity contribution in [1.82, 2.24) is 0 Å². The van der Waals surface area contributed by atoms with Gasteiger partial charge in [0.05, 0.1) is 5.02 Å². The first-order valence-corrected chi connectivity index (χ1v) is 3.34. The lowest BCUT2D eigenvalue weighted by Crippen LogP contribution is -2.25. The molecule has 1 rings (SSSR count). The molecule has 0 saturated carbocycles. The highest BCUT2D eigenvalue weighted by atomic mass is 35.5. The van der Waals surface area contributed by atoms with Crippen LogP contribution < -0.4 is 4.73 Å². The Morgan fingerprint density at radius 1 is 1.30 bits per heavy atom. The second-order valence-corrected chi connectivity index (χ2v) is 2.68. The van der Waals surface area contributed by atoms with Gasteiger partial charge in [-0.2, -0.15) is 4.73 Å². The van der Waals surface area contributed by atoms with E-state index in [0.717, 1.165) is 15.9 Å². The maximum atomic E-state index is 10.7. The van der Waals surface area contributed by atoms with E-state index < -0.39 is 0 Å². The van der Waals surface area contributed by atoms with Crippen LogP contribution in [0.5, 0.6) is 0 Å². The van der Waals surface area contributed by atoms with E-state index in [4.69, 9.17) is 11.6 Å². The SMILES string of the molecule is Cc1c[n+]([O-])cc(C)c1Cl. The molecule has 54 valence electrons. The molecule has 0 fully saturated rings. The van der Waals surface area contributed by atoms with E-state index in [1.807, 2.05) is 13.8 Å². The number of aryl methyl sites for hydroxylation is 2. The minimum absolute atomic E-state index is 0.673. The Morgan fingerprint density at radius 2 is 1.70 bits per heavy atom. The zero-order valence-electron chi connectivity index (χ0n) is 5.89. The zero-order valence-corrected chi connectivity index (χ0v) is 6.64. The van der Waals surface area contributed by atoms with Crippen molar-refractivity contribution in [3.05, 3.63) is 33.8 Å². The molecule has 2 nitrogen and oxygen atoms in total. The molecule has 0 aliphatic carbocycles. The van der Waals surface area contributed by atoms with Crippen LogP contribution in [0.4, 0.5) is 0 Å². The van der Waals surface area contributed by atoms with Crippen LogP contribution in [0.3, 0.4) is 0 Å². The fraction of sp³-hybridized carbons (Fsp3) is 0.286. The van der Waals surface area contributed by atoms with E-state index in [2.05, 4.69) is 0 Å². The summed E-state index contributed by atoms with van der Waals surface area (Å²) < 4.78 is 0.760. The molecule has 0 aromatic carbocycles. The lowest BCUT2D eigenvalue weighted by atomic mass is 10.2. The quantitative estimate of drug-likeness (QED) is 0.415. The topological polar surface area (TPSA) is 26.9 Å². The summed E-state index contributed by atoms with van der Waals surface area (Å²) in [6.07, 6.45) is 2.91. The molecule has 0 amide bonds. The van der Waals surface area contributed by atoms with Crippen LogP contribution >= 0.6 is 11.6 Å². The standard InChI is InChI=1S/C7H8ClNO/c1-5-3-9(10)4-6(2)7(5)8/h3-4H,1-2H3. The van der Waals surface area contributed by atoms with Crippen molar-refractivity contribution in [3.63, 3.8) is 0 Å². The molecule has 0 N–H and O–H groups in total. The van der Waals surface area contributed by atoms with E-state index >= 15 is 0 Å². The van der Waals surface area contributed by atoms with Crippen molar-refractivity contribution < 1.29 is 4.73 Å². The number of pyridine rings is 1. The van der Waals surface area contributed by atoms with Crippen molar-refractivity contribution in [2.24, 2.45) is 0 Å². The third-order valence-electron chi connectivity index (χ3n) is 1.33. The third-order valence-corrected chi connectivity index (χ3v) is 1.93. The summed E-state index contributed by atoms with van der Waals surface area (Å²) >= 11 is 5.80. The zero-order chi connectivity index (χ0) is 7.72. The Morgan fingerprint density at radius 3 is 2.10 bits per heavy atom. The maximum absolute atomic E-state index is 10.7. The van der Waals surface area contributed by atoms with Crippen LogP contribution in [0, 0.1) is 19.1 Å². The summed E-state index contributed by atoms with van der Waals surface area (Å²) in [5.41, 5.74) is 1.63. The average molecular weight is 158 g/mol. The third kappa shape index (κ3) is 1.21. The van der Waals surface area contributed by atoms with Crippen LogP contribution in [-0.2, 0) is 0 Å². The minimum Gasteiger partial charge on any atom is -0.619 e. The van der Waals surface area contributed by atoms with Crippen LogP contribution in [0.2, 0.25) is 5.02 Å². The van der Waals surface area contributed by atoms with Gasteiger partial charge in [-0.1, -0.05) is 11.6 Å². The molecule has 1 heterocycles. The van der Waals surface area contributed by atoms with Gasteiger partial charge in [0.25, 0.3) is 0 Å². The molecule has 3 heteroatoms. The molecule has 0 saturated heterocycles. The molecule has 0 aliphatic rings. The molecule has 0 radical (unpaired) electrons. The first kappa shape index (κ1) is 7.35. The monoisotopic (exact) mass is 157 g/mol. The van der Waals surface area contributed by atoms with Crippen molar-refractivity contribution in [1.29, 1.82) is 0 Å². The van der Waals surface area contributed by atoms with E-state index in [0.29, 0.717) is 5.02 Å². The van der Waals surface area contributed by atoms with Crippen molar-refractivity contribution >= 4 is 11.6 Å². The van der Waals surface area contributed by atoms with Gasteiger partial charge >= 0.3 is 0 Å². The summed E-state index contributed by atoms with van der Waals surface area (Å²) in [5, 5.41) is 11.4. The van der Waals surface area contributed by atoms with Gasteiger partial charge in [0.15, 0.2) is 12.4 Å². The predicted octanol–water partition coefficient (Wildman–Crippen LogP) is 1.59. The number of nitrogens with zero attached hydrogens (tertiary/aromatic N) is 1. The Labute approximate surface area is 64.6 Å². The van der Waals surface area contributed by atoms with E-state index in [9.17, 15) is 5.21 Å². The molecule has 1 aromatic heterocycles. The number of halogens is 1. The molecule has 0 unspecified atom stereocenters. The van der Waals surface area contributed by atoms with E-state index in [1.54, 1.807) is 0 Å². The highest BCUT2D eigenvalue weighted by Crippen LogP contribution is 2.16.